The minimum atomic E-state index is -0.410. The molecule has 2 heterocycles. The van der Waals surface area contributed by atoms with Gasteiger partial charge in [-0.15, -0.1) is 0 Å². The van der Waals surface area contributed by atoms with E-state index >= 15 is 0 Å². The molecule has 1 fully saturated rings. The SMILES string of the molecule is CCOC(=O)c1cnc2c(cnn2C)c1N[C@@H]1C[C@H]1c1ccc(F)cc1. The molecule has 134 valence electrons. The first-order valence-corrected chi connectivity index (χ1v) is 8.58. The number of esters is 1. The summed E-state index contributed by atoms with van der Waals surface area (Å²) in [4.78, 5) is 16.7. The molecule has 0 spiro atoms. The van der Waals surface area contributed by atoms with Gasteiger partial charge in [0, 0.05) is 25.2 Å². The Labute approximate surface area is 150 Å². The minimum absolute atomic E-state index is 0.166. The maximum Gasteiger partial charge on any atom is 0.341 e. The van der Waals surface area contributed by atoms with E-state index in [0.717, 1.165) is 17.4 Å². The fourth-order valence-corrected chi connectivity index (χ4v) is 3.23. The van der Waals surface area contributed by atoms with Gasteiger partial charge in [0.25, 0.3) is 0 Å². The summed E-state index contributed by atoms with van der Waals surface area (Å²) in [6, 6.07) is 6.72. The van der Waals surface area contributed by atoms with Gasteiger partial charge in [-0.1, -0.05) is 12.1 Å². The van der Waals surface area contributed by atoms with E-state index in [0.29, 0.717) is 23.5 Å². The third kappa shape index (κ3) is 2.89. The summed E-state index contributed by atoms with van der Waals surface area (Å²) in [7, 11) is 1.81. The number of ether oxygens (including phenoxy) is 1. The van der Waals surface area contributed by atoms with Crippen molar-refractivity contribution in [3.8, 4) is 0 Å². The Morgan fingerprint density at radius 2 is 2.12 bits per heavy atom. The Hall–Kier alpha value is -2.96. The van der Waals surface area contributed by atoms with E-state index in [2.05, 4.69) is 15.4 Å². The first-order chi connectivity index (χ1) is 12.6. The molecule has 3 aromatic rings. The van der Waals surface area contributed by atoms with Gasteiger partial charge in [0.2, 0.25) is 0 Å². The number of rotatable bonds is 5. The molecular formula is C19H19FN4O2. The van der Waals surface area contributed by atoms with Crippen LogP contribution in [-0.2, 0) is 11.8 Å². The number of carbonyl (C=O) groups excluding carboxylic acids is 1. The molecule has 26 heavy (non-hydrogen) atoms. The number of fused-ring (bicyclic) bond motifs is 1. The highest BCUT2D eigenvalue weighted by atomic mass is 19.1. The van der Waals surface area contributed by atoms with Crippen LogP contribution in [0, 0.1) is 5.82 Å². The lowest BCUT2D eigenvalue weighted by Gasteiger charge is -2.12. The van der Waals surface area contributed by atoms with Crippen molar-refractivity contribution in [1.29, 1.82) is 0 Å². The summed E-state index contributed by atoms with van der Waals surface area (Å²) in [5.74, 6) is -0.368. The summed E-state index contributed by atoms with van der Waals surface area (Å²) >= 11 is 0. The molecule has 2 aromatic heterocycles. The molecule has 7 heteroatoms. The van der Waals surface area contributed by atoms with Gasteiger partial charge < -0.3 is 10.1 Å². The van der Waals surface area contributed by atoms with E-state index in [4.69, 9.17) is 4.74 Å². The molecule has 0 radical (unpaired) electrons. The quantitative estimate of drug-likeness (QED) is 0.712. The van der Waals surface area contributed by atoms with Crippen LogP contribution in [0.5, 0.6) is 0 Å². The number of carbonyl (C=O) groups is 1. The second-order valence-electron chi connectivity index (χ2n) is 6.42. The highest BCUT2D eigenvalue weighted by molar-refractivity contribution is 6.04. The zero-order valence-corrected chi connectivity index (χ0v) is 14.6. The van der Waals surface area contributed by atoms with Crippen LogP contribution in [0.25, 0.3) is 11.0 Å². The Morgan fingerprint density at radius 1 is 1.35 bits per heavy atom. The predicted molar refractivity (Wildman–Crippen MR) is 95.6 cm³/mol. The van der Waals surface area contributed by atoms with Gasteiger partial charge in [-0.3, -0.25) is 4.68 Å². The van der Waals surface area contributed by atoms with Crippen molar-refractivity contribution in [2.75, 3.05) is 11.9 Å². The highest BCUT2D eigenvalue weighted by Gasteiger charge is 2.39. The Balaban J connectivity index is 1.65. The van der Waals surface area contributed by atoms with Crippen LogP contribution in [0.15, 0.2) is 36.7 Å². The Morgan fingerprint density at radius 3 is 2.85 bits per heavy atom. The molecule has 6 nitrogen and oxygen atoms in total. The molecule has 0 saturated heterocycles. The smallest absolute Gasteiger partial charge is 0.341 e. The maximum atomic E-state index is 13.1. The maximum absolute atomic E-state index is 13.1. The lowest BCUT2D eigenvalue weighted by molar-refractivity contribution is 0.0527. The second kappa shape index (κ2) is 6.40. The van der Waals surface area contributed by atoms with Crippen LogP contribution in [0.3, 0.4) is 0 Å². The average molecular weight is 354 g/mol. The van der Waals surface area contributed by atoms with Crippen molar-refractivity contribution in [2.45, 2.75) is 25.3 Å². The van der Waals surface area contributed by atoms with Crippen LogP contribution >= 0.6 is 0 Å². The van der Waals surface area contributed by atoms with Gasteiger partial charge in [0.1, 0.15) is 11.4 Å². The standard InChI is InChI=1S/C19H19FN4O2/c1-3-26-19(25)15-9-21-18-14(10-22-24(18)2)17(15)23-16-8-13(16)11-4-6-12(20)7-5-11/h4-7,9-10,13,16H,3,8H2,1-2H3,(H,21,23)/t13-,16+/m0/s1. The van der Waals surface area contributed by atoms with Gasteiger partial charge in [0.05, 0.1) is 23.9 Å². The first-order valence-electron chi connectivity index (χ1n) is 8.58. The number of aryl methyl sites for hydroxylation is 1. The van der Waals surface area contributed by atoms with E-state index in [1.54, 1.807) is 29.9 Å². The van der Waals surface area contributed by atoms with E-state index in [-0.39, 0.29) is 17.8 Å². The zero-order chi connectivity index (χ0) is 18.3. The molecule has 0 aliphatic heterocycles. The Bertz CT molecular complexity index is 968. The van der Waals surface area contributed by atoms with E-state index in [9.17, 15) is 9.18 Å². The van der Waals surface area contributed by atoms with Gasteiger partial charge in [-0.25, -0.2) is 14.2 Å². The van der Waals surface area contributed by atoms with Gasteiger partial charge in [-0.05, 0) is 31.0 Å². The van der Waals surface area contributed by atoms with E-state index < -0.39 is 5.97 Å². The molecule has 0 bridgehead atoms. The number of hydrogen-bond acceptors (Lipinski definition) is 5. The van der Waals surface area contributed by atoms with Crippen molar-refractivity contribution >= 4 is 22.7 Å². The molecular weight excluding hydrogens is 335 g/mol. The normalized spacial score (nSPS) is 18.7. The van der Waals surface area contributed by atoms with Crippen molar-refractivity contribution in [2.24, 2.45) is 7.05 Å². The largest absolute Gasteiger partial charge is 0.462 e. The zero-order valence-electron chi connectivity index (χ0n) is 14.6. The summed E-state index contributed by atoms with van der Waals surface area (Å²) in [6.07, 6.45) is 4.14. The van der Waals surface area contributed by atoms with E-state index in [1.165, 1.54) is 18.3 Å². The number of hydrogen-bond donors (Lipinski definition) is 1. The van der Waals surface area contributed by atoms with Gasteiger partial charge in [-0.2, -0.15) is 5.10 Å². The number of nitrogens with zero attached hydrogens (tertiary/aromatic N) is 3. The molecule has 1 N–H and O–H groups in total. The third-order valence-corrected chi connectivity index (χ3v) is 4.68. The third-order valence-electron chi connectivity index (χ3n) is 4.68. The van der Waals surface area contributed by atoms with Crippen LogP contribution in [0.1, 0.15) is 35.2 Å². The summed E-state index contributed by atoms with van der Waals surface area (Å²) in [5.41, 5.74) is 2.87. The van der Waals surface area contributed by atoms with E-state index in [1.807, 2.05) is 7.05 Å². The minimum Gasteiger partial charge on any atom is -0.462 e. The summed E-state index contributed by atoms with van der Waals surface area (Å²) in [6.45, 7) is 2.07. The topological polar surface area (TPSA) is 69.0 Å². The molecule has 1 aliphatic rings. The fraction of sp³-hybridized carbons (Fsp3) is 0.316. The highest BCUT2D eigenvalue weighted by Crippen LogP contribution is 2.44. The molecule has 1 aliphatic carbocycles. The number of halogens is 1. The van der Waals surface area contributed by atoms with Crippen molar-refractivity contribution in [3.63, 3.8) is 0 Å². The predicted octanol–water partition coefficient (Wildman–Crippen LogP) is 3.25. The van der Waals surface area contributed by atoms with Crippen molar-refractivity contribution in [1.82, 2.24) is 14.8 Å². The number of pyridine rings is 1. The average Bonchev–Trinajstić information content (AvgIpc) is 3.29. The number of aromatic nitrogens is 3. The lowest BCUT2D eigenvalue weighted by Crippen LogP contribution is -2.13. The van der Waals surface area contributed by atoms with Crippen LogP contribution in [0.4, 0.5) is 10.1 Å². The molecule has 4 rings (SSSR count). The second-order valence-corrected chi connectivity index (χ2v) is 6.42. The number of anilines is 1. The number of benzene rings is 1. The van der Waals surface area contributed by atoms with Crippen molar-refractivity contribution in [3.05, 3.63) is 53.6 Å². The fourth-order valence-electron chi connectivity index (χ4n) is 3.23. The molecule has 0 unspecified atom stereocenters. The summed E-state index contributed by atoms with van der Waals surface area (Å²) in [5, 5.41) is 8.47. The Kier molecular flexibility index (Phi) is 4.06. The summed E-state index contributed by atoms with van der Waals surface area (Å²) < 4.78 is 20.0. The van der Waals surface area contributed by atoms with Gasteiger partial charge >= 0.3 is 5.97 Å². The molecule has 2 atom stereocenters. The first kappa shape index (κ1) is 16.5. The molecule has 0 amide bonds. The molecule has 1 saturated carbocycles. The monoisotopic (exact) mass is 354 g/mol. The van der Waals surface area contributed by atoms with Crippen molar-refractivity contribution < 1.29 is 13.9 Å². The lowest BCUT2D eigenvalue weighted by atomic mass is 10.1. The number of nitrogens with one attached hydrogen (secondary N) is 1. The van der Waals surface area contributed by atoms with Crippen LogP contribution in [0.2, 0.25) is 0 Å². The molecule has 1 aromatic carbocycles. The van der Waals surface area contributed by atoms with Gasteiger partial charge in [0.15, 0.2) is 5.65 Å². The van der Waals surface area contributed by atoms with Crippen LogP contribution in [-0.4, -0.2) is 33.4 Å². The van der Waals surface area contributed by atoms with Crippen LogP contribution < -0.4 is 5.32 Å².